The van der Waals surface area contributed by atoms with Crippen molar-refractivity contribution < 1.29 is 33.2 Å². The molecule has 3 aromatic rings. The van der Waals surface area contributed by atoms with Gasteiger partial charge in [-0.3, -0.25) is 4.57 Å². The van der Waals surface area contributed by atoms with Crippen LogP contribution in [-0.2, 0) is 35.0 Å². The maximum Gasteiger partial charge on any atom is 0.409 e. The van der Waals surface area contributed by atoms with Crippen molar-refractivity contribution in [2.24, 2.45) is 0 Å². The normalized spacial score (nSPS) is 13.1. The molecule has 2 aromatic heterocycles. The molecular formula is C22H32N5O7PS. The minimum absolute atomic E-state index is 0.122. The third-order valence-electron chi connectivity index (χ3n) is 4.39. The van der Waals surface area contributed by atoms with E-state index in [2.05, 4.69) is 15.0 Å². The van der Waals surface area contributed by atoms with E-state index in [1.54, 1.807) is 52.6 Å². The quantitative estimate of drug-likeness (QED) is 0.129. The lowest BCUT2D eigenvalue weighted by atomic mass is 10.3. The summed E-state index contributed by atoms with van der Waals surface area (Å²) < 4.78 is 35.7. The van der Waals surface area contributed by atoms with E-state index in [0.717, 1.165) is 10.6 Å². The Hall–Kier alpha value is -2.25. The third kappa shape index (κ3) is 8.13. The van der Waals surface area contributed by atoms with Crippen LogP contribution in [0.3, 0.4) is 0 Å². The molecule has 0 saturated heterocycles. The number of fused-ring (bicyclic) bond motifs is 1. The molecule has 0 unspecified atom stereocenters. The van der Waals surface area contributed by atoms with Crippen molar-refractivity contribution in [1.29, 1.82) is 0 Å². The second-order valence-electron chi connectivity index (χ2n) is 8.39. The number of nitrogens with two attached hydrogens (primary N) is 1. The van der Waals surface area contributed by atoms with Crippen molar-refractivity contribution in [1.82, 2.24) is 19.5 Å². The van der Waals surface area contributed by atoms with Crippen LogP contribution in [0, 0.1) is 0 Å². The molecule has 0 aliphatic carbocycles. The third-order valence-corrected chi connectivity index (χ3v) is 6.47. The van der Waals surface area contributed by atoms with E-state index in [1.807, 2.05) is 24.3 Å². The lowest BCUT2D eigenvalue weighted by Crippen LogP contribution is -2.19. The van der Waals surface area contributed by atoms with Crippen LogP contribution in [-0.4, -0.2) is 51.3 Å². The molecule has 14 heteroatoms. The second-order valence-corrected chi connectivity index (χ2v) is 11.2. The van der Waals surface area contributed by atoms with Crippen molar-refractivity contribution >= 4 is 36.5 Å². The van der Waals surface area contributed by atoms with Gasteiger partial charge in [0.15, 0.2) is 12.0 Å². The Labute approximate surface area is 214 Å². The molecule has 2 N–H and O–H groups in total. The van der Waals surface area contributed by atoms with Crippen LogP contribution in [0.15, 0.2) is 40.5 Å². The van der Waals surface area contributed by atoms with Gasteiger partial charge in [-0.1, -0.05) is 11.8 Å². The monoisotopic (exact) mass is 541 g/mol. The Morgan fingerprint density at radius 3 is 2.25 bits per heavy atom. The zero-order chi connectivity index (χ0) is 26.3. The number of ether oxygens (including phenoxy) is 2. The Morgan fingerprint density at radius 2 is 1.67 bits per heavy atom. The first kappa shape index (κ1) is 28.3. The maximum atomic E-state index is 13.0. The molecule has 0 amide bonds. The molecular weight excluding hydrogens is 509 g/mol. The Balaban J connectivity index is 1.70. The molecule has 0 bridgehead atoms. The largest absolute Gasteiger partial charge is 0.497 e. The van der Waals surface area contributed by atoms with Gasteiger partial charge in [0.05, 0.1) is 38.3 Å². The van der Waals surface area contributed by atoms with Crippen LogP contribution in [0.25, 0.3) is 11.2 Å². The smallest absolute Gasteiger partial charge is 0.409 e. The van der Waals surface area contributed by atoms with E-state index < -0.39 is 13.7 Å². The lowest BCUT2D eigenvalue weighted by Gasteiger charge is -2.20. The molecule has 0 fully saturated rings. The molecule has 1 atom stereocenters. The maximum absolute atomic E-state index is 13.0. The van der Waals surface area contributed by atoms with Gasteiger partial charge in [0.1, 0.15) is 16.3 Å². The molecule has 1 aromatic carbocycles. The van der Waals surface area contributed by atoms with Crippen molar-refractivity contribution in [3.63, 3.8) is 0 Å². The number of methoxy groups -OCH3 is 1. The summed E-state index contributed by atoms with van der Waals surface area (Å²) >= 11 is 1.42. The summed E-state index contributed by atoms with van der Waals surface area (Å²) in [4.78, 5) is 24.2. The molecule has 0 radical (unpaired) electrons. The predicted molar refractivity (Wildman–Crippen MR) is 134 cm³/mol. The zero-order valence-electron chi connectivity index (χ0n) is 21.1. The van der Waals surface area contributed by atoms with E-state index in [0.29, 0.717) is 22.7 Å². The van der Waals surface area contributed by atoms with E-state index in [-0.39, 0.29) is 24.5 Å². The number of hydrogen-bond acceptors (Lipinski definition) is 12. The van der Waals surface area contributed by atoms with Crippen LogP contribution in [0.2, 0.25) is 0 Å². The minimum Gasteiger partial charge on any atom is -0.497 e. The highest BCUT2D eigenvalue weighted by Gasteiger charge is 2.31. The minimum atomic E-state index is -3.83. The molecule has 0 saturated carbocycles. The van der Waals surface area contributed by atoms with Crippen molar-refractivity contribution in [3.05, 3.63) is 30.6 Å². The summed E-state index contributed by atoms with van der Waals surface area (Å²) in [5.74, 6) is 0.883. The van der Waals surface area contributed by atoms with E-state index in [1.165, 1.54) is 11.8 Å². The van der Waals surface area contributed by atoms with Crippen LogP contribution < -0.4 is 10.5 Å². The summed E-state index contributed by atoms with van der Waals surface area (Å²) in [6, 6.07) is 7.59. The first-order valence-electron chi connectivity index (χ1n) is 11.3. The van der Waals surface area contributed by atoms with Crippen LogP contribution in [0.4, 0.5) is 5.95 Å². The summed E-state index contributed by atoms with van der Waals surface area (Å²) in [5.41, 5.74) is 7.14. The highest BCUT2D eigenvalue weighted by molar-refractivity contribution is 7.99. The van der Waals surface area contributed by atoms with Crippen LogP contribution >= 0.6 is 19.4 Å². The SMILES string of the molecule is COc1ccc(Sc2nc(N)nc3c2ncn3C[C@@H](C)OCP(=O)(OOC(C)C)OOC(C)C)cc1. The predicted octanol–water partition coefficient (Wildman–Crippen LogP) is 4.84. The van der Waals surface area contributed by atoms with Gasteiger partial charge in [0.25, 0.3) is 0 Å². The number of imidazole rings is 1. The first-order chi connectivity index (χ1) is 17.1. The van der Waals surface area contributed by atoms with Crippen LogP contribution in [0.5, 0.6) is 5.75 Å². The molecule has 198 valence electrons. The van der Waals surface area contributed by atoms with E-state index >= 15 is 0 Å². The Bertz CT molecular complexity index is 1160. The van der Waals surface area contributed by atoms with Gasteiger partial charge in [0, 0.05) is 4.90 Å². The zero-order valence-corrected chi connectivity index (χ0v) is 22.8. The number of nitrogen functional groups attached to an aromatic ring is 1. The molecule has 3 rings (SSSR count). The van der Waals surface area contributed by atoms with Crippen molar-refractivity contribution in [2.45, 2.75) is 69.4 Å². The van der Waals surface area contributed by atoms with Crippen molar-refractivity contribution in [2.75, 3.05) is 19.2 Å². The molecule has 2 heterocycles. The molecule has 36 heavy (non-hydrogen) atoms. The second kappa shape index (κ2) is 12.8. The topological polar surface area (TPSA) is 142 Å². The fourth-order valence-corrected chi connectivity index (χ4v) is 4.83. The summed E-state index contributed by atoms with van der Waals surface area (Å²) in [6.45, 7) is 9.08. The number of anilines is 1. The molecule has 0 aliphatic rings. The summed E-state index contributed by atoms with van der Waals surface area (Å²) in [7, 11) is -2.21. The Morgan fingerprint density at radius 1 is 1.03 bits per heavy atom. The standard InChI is InChI=1S/C22H32N5O7PS/c1-14(2)31-33-35(28,34-32-15(3)4)13-30-16(5)11-27-12-24-19-20(27)25-22(23)26-21(19)36-18-9-7-17(29-6)8-10-18/h7-10,12,14-16H,11,13H2,1-6H3,(H2,23,25,26)/t16-/m1/s1. The van der Waals surface area contributed by atoms with Gasteiger partial charge >= 0.3 is 7.60 Å². The van der Waals surface area contributed by atoms with Gasteiger partial charge < -0.3 is 19.8 Å². The van der Waals surface area contributed by atoms with Crippen molar-refractivity contribution in [3.8, 4) is 5.75 Å². The molecule has 0 spiro atoms. The Kier molecular flexibility index (Phi) is 10.1. The average molecular weight is 542 g/mol. The summed E-state index contributed by atoms with van der Waals surface area (Å²) in [6.07, 6.45) is 0.176. The number of hydrogen-bond donors (Lipinski definition) is 1. The van der Waals surface area contributed by atoms with Gasteiger partial charge in [-0.15, -0.1) is 9.35 Å². The molecule has 12 nitrogen and oxygen atoms in total. The summed E-state index contributed by atoms with van der Waals surface area (Å²) in [5, 5.41) is 0.623. The highest BCUT2D eigenvalue weighted by Crippen LogP contribution is 2.49. The van der Waals surface area contributed by atoms with E-state index in [4.69, 9.17) is 34.3 Å². The van der Waals surface area contributed by atoms with Gasteiger partial charge in [0.2, 0.25) is 5.95 Å². The average Bonchev–Trinajstić information content (AvgIpc) is 3.23. The highest BCUT2D eigenvalue weighted by atomic mass is 32.2. The molecule has 0 aliphatic heterocycles. The van der Waals surface area contributed by atoms with Gasteiger partial charge in [-0.2, -0.15) is 4.98 Å². The number of rotatable bonds is 14. The number of aromatic nitrogens is 4. The number of nitrogens with zero attached hydrogens (tertiary/aromatic N) is 4. The first-order valence-corrected chi connectivity index (χ1v) is 13.8. The van der Waals surface area contributed by atoms with Crippen LogP contribution in [0.1, 0.15) is 34.6 Å². The van der Waals surface area contributed by atoms with E-state index in [9.17, 15) is 4.57 Å². The fourth-order valence-electron chi connectivity index (χ4n) is 2.80. The van der Waals surface area contributed by atoms with Gasteiger partial charge in [-0.25, -0.2) is 19.7 Å². The lowest BCUT2D eigenvalue weighted by molar-refractivity contribution is -0.294. The fraction of sp³-hybridized carbons (Fsp3) is 0.500. The number of benzene rings is 1. The van der Waals surface area contributed by atoms with Gasteiger partial charge in [-0.05, 0) is 58.9 Å².